The molecule has 0 bridgehead atoms. The Kier molecular flexibility index (Phi) is 3.35. The quantitative estimate of drug-likeness (QED) is 0.494. The molecule has 0 fully saturated rings. The van der Waals surface area contributed by atoms with Gasteiger partial charge in [0, 0.05) is 6.61 Å². The molecule has 0 spiro atoms. The van der Waals surface area contributed by atoms with Crippen molar-refractivity contribution in [3.63, 3.8) is 0 Å². The summed E-state index contributed by atoms with van der Waals surface area (Å²) < 4.78 is 11.0. The molecule has 0 heterocycles. The van der Waals surface area contributed by atoms with Crippen LogP contribution in [0.25, 0.3) is 0 Å². The second-order valence-electron chi connectivity index (χ2n) is 0.901. The summed E-state index contributed by atoms with van der Waals surface area (Å²) >= 11 is 0. The summed E-state index contributed by atoms with van der Waals surface area (Å²) in [4.78, 5) is 0. The van der Waals surface area contributed by atoms with Crippen molar-refractivity contribution in [3.05, 3.63) is 0 Å². The summed E-state index contributed by atoms with van der Waals surface area (Å²) in [6, 6.07) is 0. The first-order valence-electron chi connectivity index (χ1n) is 2.48. The summed E-state index contributed by atoms with van der Waals surface area (Å²) in [7, 11) is 0. The summed E-state index contributed by atoms with van der Waals surface area (Å²) in [6.07, 6.45) is 0. The van der Waals surface area contributed by atoms with Crippen molar-refractivity contribution in [1.82, 2.24) is 0 Å². The topological polar surface area (TPSA) is 29.5 Å². The van der Waals surface area contributed by atoms with Gasteiger partial charge < -0.3 is 9.85 Å². The van der Waals surface area contributed by atoms with E-state index in [1.807, 2.05) is 6.92 Å². The highest BCUT2D eigenvalue weighted by molar-refractivity contribution is 4.18. The molecule has 0 rings (SSSR count). The molecule has 2 heteroatoms. The Hall–Kier alpha value is -0.0800. The van der Waals surface area contributed by atoms with Crippen LogP contribution in [0, 0.1) is 0 Å². The highest BCUT2D eigenvalue weighted by atomic mass is 16.5. The van der Waals surface area contributed by atoms with Crippen molar-refractivity contribution in [3.8, 4) is 0 Å². The molecule has 0 aliphatic heterocycles. The van der Waals surface area contributed by atoms with Crippen LogP contribution in [0.1, 0.15) is 6.92 Å². The Labute approximate surface area is 39.2 Å². The monoisotopic (exact) mass is 91.1 g/mol. The zero-order valence-electron chi connectivity index (χ0n) is 4.94. The van der Waals surface area contributed by atoms with E-state index in [1.54, 1.807) is 0 Å². The highest BCUT2D eigenvalue weighted by Crippen LogP contribution is 1.66. The number of rotatable bonds is 4. The molecule has 0 saturated heterocycles. The van der Waals surface area contributed by atoms with E-state index in [-0.39, 0.29) is 0 Å². The molecule has 0 unspecified atom stereocenters. The van der Waals surface area contributed by atoms with Crippen molar-refractivity contribution in [2.75, 3.05) is 19.8 Å². The van der Waals surface area contributed by atoms with Gasteiger partial charge in [0.05, 0.1) is 13.2 Å². The van der Waals surface area contributed by atoms with Crippen molar-refractivity contribution < 1.29 is 9.85 Å². The van der Waals surface area contributed by atoms with Gasteiger partial charge in [-0.05, 0) is 6.92 Å². The molecule has 0 saturated carbocycles. The Balaban J connectivity index is 2.45. The number of hydrogen-bond donors (Lipinski definition) is 1. The normalized spacial score (nSPS) is 11.2. The van der Waals surface area contributed by atoms with Crippen LogP contribution in [-0.2, 0) is 4.74 Å². The lowest BCUT2D eigenvalue weighted by Gasteiger charge is -1.91. The SMILES string of the molecule is [2H]OCCOCC. The molecule has 0 aromatic rings. The van der Waals surface area contributed by atoms with Crippen molar-refractivity contribution in [2.24, 2.45) is 0 Å². The first kappa shape index (κ1) is 4.09. The fourth-order valence-corrected chi connectivity index (χ4v) is 0.203. The second-order valence-corrected chi connectivity index (χ2v) is 0.901. The second kappa shape index (κ2) is 4.92. The van der Waals surface area contributed by atoms with Gasteiger partial charge in [0.15, 0.2) is 0 Å². The average Bonchev–Trinajstić information content (AvgIpc) is 1.69. The highest BCUT2D eigenvalue weighted by Gasteiger charge is 1.73. The molecule has 0 aromatic carbocycles. The lowest BCUT2D eigenvalue weighted by molar-refractivity contribution is 0.102. The van der Waals surface area contributed by atoms with E-state index in [4.69, 9.17) is 6.17 Å². The van der Waals surface area contributed by atoms with Crippen LogP contribution >= 0.6 is 0 Å². The molecule has 0 aliphatic rings. The van der Waals surface area contributed by atoms with Gasteiger partial charge in [-0.3, -0.25) is 0 Å². The molecule has 0 atom stereocenters. The van der Waals surface area contributed by atoms with Crippen LogP contribution in [0.15, 0.2) is 0 Å². The maximum atomic E-state index is 6.20. The average molecular weight is 91.1 g/mol. The zero-order chi connectivity index (χ0) is 5.54. The summed E-state index contributed by atoms with van der Waals surface area (Å²) in [5.74, 6) is 0. The van der Waals surface area contributed by atoms with E-state index in [0.29, 0.717) is 19.8 Å². The largest absolute Gasteiger partial charge is 0.394 e. The third kappa shape index (κ3) is 3.92. The molecule has 6 heavy (non-hydrogen) atoms. The molecule has 1 N–H and O–H groups in total. The van der Waals surface area contributed by atoms with Crippen LogP contribution in [0.2, 0.25) is 0 Å². The minimum absolute atomic E-state index is 0.369. The maximum absolute atomic E-state index is 6.20. The van der Waals surface area contributed by atoms with Crippen LogP contribution < -0.4 is 0 Å². The third-order valence-electron chi connectivity index (χ3n) is 0.432. The Bertz CT molecular complexity index is 28.9. The summed E-state index contributed by atoms with van der Waals surface area (Å²) in [6.45, 7) is 3.50. The van der Waals surface area contributed by atoms with E-state index in [0.717, 1.165) is 0 Å². The zero-order valence-corrected chi connectivity index (χ0v) is 3.94. The van der Waals surface area contributed by atoms with Gasteiger partial charge >= 0.3 is 0 Å². The molecular formula is C4H10O2. The Morgan fingerprint density at radius 2 is 2.83 bits per heavy atom. The van der Waals surface area contributed by atoms with E-state index >= 15 is 0 Å². The fraction of sp³-hybridized carbons (Fsp3) is 1.00. The maximum Gasteiger partial charge on any atom is 0.210 e. The predicted molar refractivity (Wildman–Crippen MR) is 23.6 cm³/mol. The number of hydrogen-bond acceptors (Lipinski definition) is 2. The molecule has 2 nitrogen and oxygen atoms in total. The van der Waals surface area contributed by atoms with Gasteiger partial charge in [0.1, 0.15) is 0 Å². The lowest BCUT2D eigenvalue weighted by Crippen LogP contribution is -1.96. The van der Waals surface area contributed by atoms with E-state index in [9.17, 15) is 0 Å². The third-order valence-corrected chi connectivity index (χ3v) is 0.432. The summed E-state index contributed by atoms with van der Waals surface area (Å²) in [5.41, 5.74) is 0. The first-order chi connectivity index (χ1) is 3.41. The van der Waals surface area contributed by atoms with Gasteiger partial charge in [-0.1, -0.05) is 0 Å². The van der Waals surface area contributed by atoms with Crippen LogP contribution in [0.5, 0.6) is 0 Å². The van der Waals surface area contributed by atoms with E-state index in [2.05, 4.69) is 5.11 Å². The minimum atomic E-state index is 0.369. The number of aliphatic hydroxyl groups is 1. The molecule has 0 aliphatic carbocycles. The molecule has 38 valence electrons. The lowest BCUT2D eigenvalue weighted by atomic mass is 10.8. The number of aliphatic hydroxyl groups excluding tert-OH is 1. The van der Waals surface area contributed by atoms with Gasteiger partial charge in [-0.25, -0.2) is 0 Å². The minimum Gasteiger partial charge on any atom is -0.394 e. The van der Waals surface area contributed by atoms with Crippen LogP contribution in [0.4, 0.5) is 0 Å². The molecule has 0 radical (unpaired) electrons. The Morgan fingerprint density at radius 1 is 2.00 bits per heavy atom. The molecule has 0 aromatic heterocycles. The van der Waals surface area contributed by atoms with Crippen LogP contribution in [-0.4, -0.2) is 26.4 Å². The van der Waals surface area contributed by atoms with Gasteiger partial charge in [-0.15, -0.1) is 0 Å². The standard InChI is InChI=1S/C4H10O2/c1-2-6-4-3-5/h5H,2-4H2,1H3/i5D. The summed E-state index contributed by atoms with van der Waals surface area (Å²) in [5, 5.41) is 3.97. The predicted octanol–water partition coefficient (Wildman–Crippen LogP) is 0.0152. The molecular weight excluding hydrogens is 80.0 g/mol. The smallest absolute Gasteiger partial charge is 0.210 e. The van der Waals surface area contributed by atoms with Crippen molar-refractivity contribution in [1.29, 1.82) is 1.43 Å². The van der Waals surface area contributed by atoms with Gasteiger partial charge in [0.2, 0.25) is 1.43 Å². The van der Waals surface area contributed by atoms with Gasteiger partial charge in [-0.2, -0.15) is 0 Å². The molecule has 0 amide bonds. The van der Waals surface area contributed by atoms with E-state index < -0.39 is 0 Å². The first-order valence-corrected chi connectivity index (χ1v) is 2.07. The van der Waals surface area contributed by atoms with Crippen molar-refractivity contribution in [2.45, 2.75) is 6.92 Å². The van der Waals surface area contributed by atoms with Crippen LogP contribution in [0.3, 0.4) is 0 Å². The van der Waals surface area contributed by atoms with Crippen molar-refractivity contribution >= 4 is 0 Å². The van der Waals surface area contributed by atoms with E-state index in [1.165, 1.54) is 0 Å². The number of ether oxygens (including phenoxy) is 1. The Morgan fingerprint density at radius 3 is 3.33 bits per heavy atom. The fourth-order valence-electron chi connectivity index (χ4n) is 0.203. The van der Waals surface area contributed by atoms with Gasteiger partial charge in [0.25, 0.3) is 0 Å².